The molecule has 0 saturated carbocycles. The molecule has 3 nitrogen and oxygen atoms in total. The van der Waals surface area contributed by atoms with Crippen molar-refractivity contribution in [3.05, 3.63) is 53.1 Å². The fraction of sp³-hybridized carbons (Fsp3) is 0.400. The third-order valence-electron chi connectivity index (χ3n) is 3.10. The van der Waals surface area contributed by atoms with E-state index in [0.717, 1.165) is 35.7 Å². The molecule has 1 unspecified atom stereocenters. The Morgan fingerprint density at radius 3 is 2.79 bits per heavy atom. The van der Waals surface area contributed by atoms with Crippen LogP contribution >= 0.6 is 11.6 Å². The lowest BCUT2D eigenvalue weighted by Crippen LogP contribution is -2.24. The number of hydrogen-bond donors (Lipinski definition) is 1. The van der Waals surface area contributed by atoms with E-state index in [1.165, 1.54) is 0 Å². The van der Waals surface area contributed by atoms with Crippen molar-refractivity contribution in [1.29, 1.82) is 0 Å². The second-order valence-corrected chi connectivity index (χ2v) is 5.17. The summed E-state index contributed by atoms with van der Waals surface area (Å²) in [6, 6.07) is 8.21. The van der Waals surface area contributed by atoms with Gasteiger partial charge in [-0.15, -0.1) is 0 Å². The normalized spacial score (nSPS) is 12.6. The van der Waals surface area contributed by atoms with Gasteiger partial charge in [-0.1, -0.05) is 36.7 Å². The van der Waals surface area contributed by atoms with Gasteiger partial charge >= 0.3 is 0 Å². The van der Waals surface area contributed by atoms with Crippen LogP contribution in [0.2, 0.25) is 5.02 Å². The summed E-state index contributed by atoms with van der Waals surface area (Å²) in [4.78, 5) is 4.45. The Kier molecular flexibility index (Phi) is 5.00. The molecule has 0 aliphatic rings. The molecule has 1 atom stereocenters. The molecule has 0 aliphatic heterocycles. The topological polar surface area (TPSA) is 29.9 Å². The minimum Gasteiger partial charge on any atom is -0.340 e. The van der Waals surface area contributed by atoms with Gasteiger partial charge in [0.25, 0.3) is 0 Å². The van der Waals surface area contributed by atoms with E-state index < -0.39 is 0 Å². The fourth-order valence-corrected chi connectivity index (χ4v) is 2.31. The van der Waals surface area contributed by atoms with Gasteiger partial charge in [0.15, 0.2) is 0 Å². The molecule has 1 aromatic heterocycles. The summed E-state index contributed by atoms with van der Waals surface area (Å²) in [5.74, 6) is 0. The van der Waals surface area contributed by atoms with Crippen LogP contribution in [0.15, 0.2) is 36.8 Å². The largest absolute Gasteiger partial charge is 0.340 e. The molecule has 0 fully saturated rings. The first-order chi connectivity index (χ1) is 9.20. The molecule has 0 aliphatic carbocycles. The van der Waals surface area contributed by atoms with Crippen LogP contribution in [0.25, 0.3) is 0 Å². The minimum absolute atomic E-state index is 0.209. The number of nitrogens with one attached hydrogen (secondary N) is 1. The van der Waals surface area contributed by atoms with Crippen molar-refractivity contribution >= 4 is 11.6 Å². The van der Waals surface area contributed by atoms with Crippen LogP contribution in [0.5, 0.6) is 0 Å². The van der Waals surface area contributed by atoms with Crippen LogP contribution < -0.4 is 5.32 Å². The molecule has 0 saturated heterocycles. The molecule has 0 amide bonds. The van der Waals surface area contributed by atoms with E-state index in [2.05, 4.69) is 29.5 Å². The van der Waals surface area contributed by atoms with Gasteiger partial charge < -0.3 is 9.88 Å². The molecule has 1 N–H and O–H groups in total. The van der Waals surface area contributed by atoms with Crippen LogP contribution in [0, 0.1) is 0 Å². The van der Waals surface area contributed by atoms with Crippen LogP contribution in [0.3, 0.4) is 0 Å². The Hall–Kier alpha value is -1.32. The molecular weight excluding hydrogens is 258 g/mol. The molecule has 4 heteroatoms. The molecule has 1 heterocycles. The second-order valence-electron chi connectivity index (χ2n) is 4.77. The predicted molar refractivity (Wildman–Crippen MR) is 79.4 cm³/mol. The Bertz CT molecular complexity index is 522. The lowest BCUT2D eigenvalue weighted by atomic mass is 10.0. The molecule has 2 rings (SSSR count). The lowest BCUT2D eigenvalue weighted by molar-refractivity contribution is 0.519. The first kappa shape index (κ1) is 14.1. The van der Waals surface area contributed by atoms with Gasteiger partial charge in [-0.05, 0) is 31.0 Å². The zero-order valence-corrected chi connectivity index (χ0v) is 12.2. The van der Waals surface area contributed by atoms with Crippen LogP contribution in [0.1, 0.15) is 30.6 Å². The third-order valence-corrected chi connectivity index (χ3v) is 3.47. The van der Waals surface area contributed by atoms with Gasteiger partial charge in [0.2, 0.25) is 0 Å². The van der Waals surface area contributed by atoms with Crippen molar-refractivity contribution in [2.24, 2.45) is 7.05 Å². The van der Waals surface area contributed by atoms with E-state index in [0.29, 0.717) is 0 Å². The quantitative estimate of drug-likeness (QED) is 0.877. The number of benzene rings is 1. The Morgan fingerprint density at radius 1 is 1.37 bits per heavy atom. The maximum atomic E-state index is 6.24. The van der Waals surface area contributed by atoms with Crippen LogP contribution in [0.4, 0.5) is 0 Å². The van der Waals surface area contributed by atoms with Crippen molar-refractivity contribution in [2.45, 2.75) is 25.8 Å². The molecular formula is C15H20ClN3. The molecule has 102 valence electrons. The van der Waals surface area contributed by atoms with Crippen molar-refractivity contribution in [3.8, 4) is 0 Å². The van der Waals surface area contributed by atoms with E-state index in [1.54, 1.807) is 0 Å². The number of hydrogen-bond acceptors (Lipinski definition) is 2. The van der Waals surface area contributed by atoms with Crippen LogP contribution in [-0.2, 0) is 13.5 Å². The summed E-state index contributed by atoms with van der Waals surface area (Å²) in [7, 11) is 1.99. The summed E-state index contributed by atoms with van der Waals surface area (Å²) >= 11 is 6.24. The average molecular weight is 278 g/mol. The summed E-state index contributed by atoms with van der Waals surface area (Å²) in [5.41, 5.74) is 2.22. The van der Waals surface area contributed by atoms with E-state index in [4.69, 9.17) is 11.6 Å². The van der Waals surface area contributed by atoms with Crippen LogP contribution in [-0.4, -0.2) is 16.1 Å². The summed E-state index contributed by atoms with van der Waals surface area (Å²) in [6.07, 6.45) is 5.86. The number of aryl methyl sites for hydroxylation is 1. The van der Waals surface area contributed by atoms with E-state index >= 15 is 0 Å². The Morgan fingerprint density at radius 2 is 2.16 bits per heavy atom. The Labute approximate surface area is 119 Å². The van der Waals surface area contributed by atoms with Gasteiger partial charge in [0.05, 0.1) is 18.1 Å². The van der Waals surface area contributed by atoms with Gasteiger partial charge in [0, 0.05) is 18.3 Å². The highest BCUT2D eigenvalue weighted by Gasteiger charge is 2.15. The number of aromatic nitrogens is 2. The molecule has 1 aromatic carbocycles. The lowest BCUT2D eigenvalue weighted by Gasteiger charge is -2.17. The van der Waals surface area contributed by atoms with Crippen molar-refractivity contribution in [1.82, 2.24) is 14.9 Å². The summed E-state index contributed by atoms with van der Waals surface area (Å²) in [6.45, 7) is 3.14. The number of nitrogens with zero attached hydrogens (tertiary/aromatic N) is 2. The third kappa shape index (κ3) is 3.82. The highest BCUT2D eigenvalue weighted by Crippen LogP contribution is 2.22. The number of imidazole rings is 1. The molecule has 0 bridgehead atoms. The summed E-state index contributed by atoms with van der Waals surface area (Å²) in [5, 5.41) is 4.36. The average Bonchev–Trinajstić information content (AvgIpc) is 2.83. The van der Waals surface area contributed by atoms with Gasteiger partial charge in [0.1, 0.15) is 0 Å². The first-order valence-electron chi connectivity index (χ1n) is 6.65. The smallest absolute Gasteiger partial charge is 0.0947 e. The van der Waals surface area contributed by atoms with E-state index in [-0.39, 0.29) is 6.04 Å². The first-order valence-corrected chi connectivity index (χ1v) is 7.03. The van der Waals surface area contributed by atoms with Gasteiger partial charge in [-0.25, -0.2) is 4.98 Å². The highest BCUT2D eigenvalue weighted by molar-refractivity contribution is 6.31. The molecule has 2 aromatic rings. The maximum absolute atomic E-state index is 6.24. The van der Waals surface area contributed by atoms with Crippen molar-refractivity contribution in [2.75, 3.05) is 6.54 Å². The number of halogens is 1. The SMILES string of the molecule is CCCNC(Cc1ccccc1Cl)c1cn(C)cn1. The summed E-state index contributed by atoms with van der Waals surface area (Å²) < 4.78 is 1.97. The van der Waals surface area contributed by atoms with Crippen molar-refractivity contribution in [3.63, 3.8) is 0 Å². The zero-order chi connectivity index (χ0) is 13.7. The minimum atomic E-state index is 0.209. The standard InChI is InChI=1S/C15H20ClN3/c1-3-8-17-14(15-10-19(2)11-18-15)9-12-6-4-5-7-13(12)16/h4-7,10-11,14,17H,3,8-9H2,1-2H3. The second kappa shape index (κ2) is 6.73. The van der Waals surface area contributed by atoms with Gasteiger partial charge in [-0.3, -0.25) is 0 Å². The molecule has 0 spiro atoms. The van der Waals surface area contributed by atoms with Gasteiger partial charge in [-0.2, -0.15) is 0 Å². The highest BCUT2D eigenvalue weighted by atomic mass is 35.5. The molecule has 0 radical (unpaired) electrons. The van der Waals surface area contributed by atoms with Crippen molar-refractivity contribution < 1.29 is 0 Å². The fourth-order valence-electron chi connectivity index (χ4n) is 2.10. The maximum Gasteiger partial charge on any atom is 0.0947 e. The van der Waals surface area contributed by atoms with E-state index in [9.17, 15) is 0 Å². The monoisotopic (exact) mass is 277 g/mol. The zero-order valence-electron chi connectivity index (χ0n) is 11.4. The van der Waals surface area contributed by atoms with E-state index in [1.807, 2.05) is 36.1 Å². The Balaban J connectivity index is 2.16. The number of rotatable bonds is 6. The predicted octanol–water partition coefficient (Wildman–Crippen LogP) is 3.36. The molecule has 19 heavy (non-hydrogen) atoms.